The normalized spacial score (nSPS) is 13.6. The fourth-order valence-corrected chi connectivity index (χ4v) is 4.33. The lowest BCUT2D eigenvalue weighted by Crippen LogP contribution is -2.18. The van der Waals surface area contributed by atoms with Gasteiger partial charge in [-0.15, -0.1) is 11.3 Å². The van der Waals surface area contributed by atoms with E-state index in [1.54, 1.807) is 36.7 Å². The number of hydrogen-bond donors (Lipinski definition) is 1. The molecule has 0 radical (unpaired) electrons. The lowest BCUT2D eigenvalue weighted by Gasteiger charge is -2.07. The third kappa shape index (κ3) is 3.36. The van der Waals surface area contributed by atoms with Gasteiger partial charge in [0.1, 0.15) is 17.2 Å². The molecule has 146 valence electrons. The van der Waals surface area contributed by atoms with Crippen LogP contribution in [0.4, 0.5) is 0 Å². The van der Waals surface area contributed by atoms with Crippen molar-refractivity contribution in [1.82, 2.24) is 20.4 Å². The Bertz CT molecular complexity index is 1230. The monoisotopic (exact) mass is 406 g/mol. The molecule has 1 aliphatic rings. The summed E-state index contributed by atoms with van der Waals surface area (Å²) in [5.41, 5.74) is 1.44. The molecule has 7 nitrogen and oxygen atoms in total. The number of nitrogens with zero attached hydrogens (tertiary/aromatic N) is 3. The molecule has 1 saturated carbocycles. The second-order valence-electron chi connectivity index (χ2n) is 7.00. The molecule has 4 aromatic rings. The van der Waals surface area contributed by atoms with Gasteiger partial charge in [0, 0.05) is 29.9 Å². The number of hydrogen-bond acceptors (Lipinski definition) is 7. The zero-order valence-electron chi connectivity index (χ0n) is 15.9. The number of aromatic nitrogens is 3. The molecular weight excluding hydrogens is 388 g/mol. The van der Waals surface area contributed by atoms with E-state index < -0.39 is 0 Å². The second kappa shape index (κ2) is 6.97. The summed E-state index contributed by atoms with van der Waals surface area (Å²) in [5, 5.41) is 7.87. The first kappa shape index (κ1) is 17.8. The van der Waals surface area contributed by atoms with Gasteiger partial charge in [-0.3, -0.25) is 9.78 Å². The Morgan fingerprint density at radius 1 is 1.24 bits per heavy atom. The van der Waals surface area contributed by atoms with E-state index in [0.717, 1.165) is 39.3 Å². The number of thiophene rings is 1. The number of rotatable bonds is 5. The van der Waals surface area contributed by atoms with Crippen LogP contribution in [0.1, 0.15) is 40.7 Å². The van der Waals surface area contributed by atoms with E-state index in [2.05, 4.69) is 27.4 Å². The van der Waals surface area contributed by atoms with Crippen molar-refractivity contribution < 1.29 is 14.1 Å². The fourth-order valence-electron chi connectivity index (χ4n) is 3.17. The highest BCUT2D eigenvalue weighted by Gasteiger charge is 2.30. The molecule has 3 heterocycles. The minimum Gasteiger partial charge on any atom is -0.457 e. The molecule has 1 fully saturated rings. The van der Waals surface area contributed by atoms with E-state index in [0.29, 0.717) is 28.9 Å². The van der Waals surface area contributed by atoms with Gasteiger partial charge in [-0.05, 0) is 55.0 Å². The Labute approximate surface area is 170 Å². The molecule has 0 saturated heterocycles. The maximum absolute atomic E-state index is 11.8. The third-order valence-electron chi connectivity index (χ3n) is 4.91. The number of aryl methyl sites for hydroxylation is 1. The average Bonchev–Trinajstić information content (AvgIpc) is 3.39. The molecule has 0 unspecified atom stereocenters. The van der Waals surface area contributed by atoms with Gasteiger partial charge >= 0.3 is 0 Å². The van der Waals surface area contributed by atoms with Gasteiger partial charge < -0.3 is 14.6 Å². The predicted molar refractivity (Wildman–Crippen MR) is 110 cm³/mol. The quantitative estimate of drug-likeness (QED) is 0.517. The molecule has 1 N–H and O–H groups in total. The number of amides is 1. The van der Waals surface area contributed by atoms with Gasteiger partial charge in [0.25, 0.3) is 5.91 Å². The van der Waals surface area contributed by atoms with E-state index >= 15 is 0 Å². The summed E-state index contributed by atoms with van der Waals surface area (Å²) in [7, 11) is 1.57. The summed E-state index contributed by atoms with van der Waals surface area (Å²) in [5.74, 6) is 2.81. The van der Waals surface area contributed by atoms with Crippen LogP contribution in [0.25, 0.3) is 20.8 Å². The van der Waals surface area contributed by atoms with Crippen molar-refractivity contribution in [2.45, 2.75) is 25.7 Å². The van der Waals surface area contributed by atoms with Crippen LogP contribution in [-0.4, -0.2) is 28.1 Å². The Morgan fingerprint density at radius 2 is 2.07 bits per heavy atom. The maximum Gasteiger partial charge on any atom is 0.269 e. The largest absolute Gasteiger partial charge is 0.457 e. The zero-order valence-corrected chi connectivity index (χ0v) is 16.7. The fraction of sp³-hybridized carbons (Fsp3) is 0.238. The van der Waals surface area contributed by atoms with Crippen LogP contribution in [0.2, 0.25) is 0 Å². The van der Waals surface area contributed by atoms with Gasteiger partial charge in [-0.2, -0.15) is 4.98 Å². The molecule has 3 aromatic heterocycles. The van der Waals surface area contributed by atoms with Crippen molar-refractivity contribution in [3.8, 4) is 22.2 Å². The molecule has 8 heteroatoms. The second-order valence-corrected chi connectivity index (χ2v) is 8.05. The Morgan fingerprint density at radius 3 is 2.86 bits per heavy atom. The zero-order chi connectivity index (χ0) is 20.0. The van der Waals surface area contributed by atoms with Crippen molar-refractivity contribution in [2.24, 2.45) is 0 Å². The van der Waals surface area contributed by atoms with Gasteiger partial charge in [-0.1, -0.05) is 5.16 Å². The summed E-state index contributed by atoms with van der Waals surface area (Å²) in [4.78, 5) is 21.4. The van der Waals surface area contributed by atoms with Crippen LogP contribution in [0.3, 0.4) is 0 Å². The molecule has 29 heavy (non-hydrogen) atoms. The van der Waals surface area contributed by atoms with Crippen LogP contribution in [0.15, 0.2) is 41.1 Å². The predicted octanol–water partition coefficient (Wildman–Crippen LogP) is 4.68. The van der Waals surface area contributed by atoms with E-state index in [1.165, 1.54) is 0 Å². The van der Waals surface area contributed by atoms with Crippen LogP contribution < -0.4 is 10.1 Å². The number of nitrogens with one attached hydrogen (secondary N) is 1. The molecule has 5 rings (SSSR count). The number of carbonyl (C=O) groups is 1. The smallest absolute Gasteiger partial charge is 0.269 e. The number of pyridine rings is 1. The Hall–Kier alpha value is -3.26. The molecule has 1 amide bonds. The standard InChI is InChI=1S/C21H18N4O3S/c1-11-15-6-5-13(27-14-7-8-23-16(9-14)20(26)22-2)10-17(15)29-18(11)19-24-21(28-25-19)12-3-4-12/h5-10,12H,3-4H2,1-2H3,(H,22,26). The minimum atomic E-state index is -0.255. The molecule has 1 aliphatic carbocycles. The highest BCUT2D eigenvalue weighted by molar-refractivity contribution is 7.22. The van der Waals surface area contributed by atoms with E-state index in [9.17, 15) is 4.79 Å². The summed E-state index contributed by atoms with van der Waals surface area (Å²) in [6.07, 6.45) is 3.81. The molecular formula is C21H18N4O3S. The highest BCUT2D eigenvalue weighted by atomic mass is 32.1. The number of benzene rings is 1. The number of ether oxygens (including phenoxy) is 1. The number of carbonyl (C=O) groups excluding carboxylic acids is 1. The number of fused-ring (bicyclic) bond motifs is 1. The van der Waals surface area contributed by atoms with Crippen LogP contribution in [0, 0.1) is 6.92 Å². The Kier molecular flexibility index (Phi) is 4.28. The Balaban J connectivity index is 1.45. The molecule has 0 spiro atoms. The van der Waals surface area contributed by atoms with Gasteiger partial charge in [0.05, 0.1) is 4.88 Å². The lowest BCUT2D eigenvalue weighted by atomic mass is 10.1. The van der Waals surface area contributed by atoms with Gasteiger partial charge in [0.2, 0.25) is 11.7 Å². The van der Waals surface area contributed by atoms with E-state index in [-0.39, 0.29) is 5.91 Å². The first-order valence-corrected chi connectivity index (χ1v) is 10.2. The topological polar surface area (TPSA) is 90.1 Å². The minimum absolute atomic E-state index is 0.255. The molecule has 0 atom stereocenters. The highest BCUT2D eigenvalue weighted by Crippen LogP contribution is 2.42. The van der Waals surface area contributed by atoms with Crippen LogP contribution >= 0.6 is 11.3 Å². The van der Waals surface area contributed by atoms with Crippen molar-refractivity contribution in [1.29, 1.82) is 0 Å². The van der Waals surface area contributed by atoms with E-state index in [1.807, 2.05) is 18.2 Å². The van der Waals surface area contributed by atoms with Crippen molar-refractivity contribution in [3.05, 3.63) is 53.7 Å². The van der Waals surface area contributed by atoms with Crippen LogP contribution in [-0.2, 0) is 0 Å². The summed E-state index contributed by atoms with van der Waals surface area (Å²) < 4.78 is 12.5. The summed E-state index contributed by atoms with van der Waals surface area (Å²) >= 11 is 1.62. The third-order valence-corrected chi connectivity index (χ3v) is 6.16. The van der Waals surface area contributed by atoms with Crippen molar-refractivity contribution in [2.75, 3.05) is 7.05 Å². The SMILES string of the molecule is CNC(=O)c1cc(Oc2ccc3c(C)c(-c4noc(C5CC5)n4)sc3c2)ccn1. The molecule has 0 aliphatic heterocycles. The first-order chi connectivity index (χ1) is 14.1. The van der Waals surface area contributed by atoms with Crippen molar-refractivity contribution >= 4 is 27.3 Å². The summed E-state index contributed by atoms with van der Waals surface area (Å²) in [6.45, 7) is 2.07. The first-order valence-electron chi connectivity index (χ1n) is 9.35. The van der Waals surface area contributed by atoms with Gasteiger partial charge in [0.15, 0.2) is 0 Å². The van der Waals surface area contributed by atoms with Gasteiger partial charge in [-0.25, -0.2) is 0 Å². The van der Waals surface area contributed by atoms with Crippen LogP contribution in [0.5, 0.6) is 11.5 Å². The maximum atomic E-state index is 11.8. The molecule has 1 aromatic carbocycles. The van der Waals surface area contributed by atoms with E-state index in [4.69, 9.17) is 9.26 Å². The molecule has 0 bridgehead atoms. The lowest BCUT2D eigenvalue weighted by molar-refractivity contribution is 0.0958. The average molecular weight is 406 g/mol. The summed E-state index contributed by atoms with van der Waals surface area (Å²) in [6, 6.07) is 9.27. The van der Waals surface area contributed by atoms with Crippen molar-refractivity contribution in [3.63, 3.8) is 0 Å².